The Morgan fingerprint density at radius 2 is 1.73 bits per heavy atom. The fourth-order valence-corrected chi connectivity index (χ4v) is 5.48. The topological polar surface area (TPSA) is 96.6 Å². The van der Waals surface area contributed by atoms with E-state index in [1.165, 1.54) is 22.8 Å². The van der Waals surface area contributed by atoms with Crippen LogP contribution in [0.1, 0.15) is 23.6 Å². The van der Waals surface area contributed by atoms with Crippen molar-refractivity contribution in [2.45, 2.75) is 13.8 Å². The highest BCUT2D eigenvalue weighted by Gasteiger charge is 2.36. The summed E-state index contributed by atoms with van der Waals surface area (Å²) < 4.78 is 17.5. The highest BCUT2D eigenvalue weighted by molar-refractivity contribution is 8.27. The maximum absolute atomic E-state index is 12.9. The van der Waals surface area contributed by atoms with Gasteiger partial charge in [-0.15, -0.1) is 0 Å². The number of nitrogens with zero attached hydrogens (tertiary/aromatic N) is 3. The van der Waals surface area contributed by atoms with E-state index in [4.69, 9.17) is 42.8 Å². The molecule has 0 spiro atoms. The first-order valence-corrected chi connectivity index (χ1v) is 14.0. The van der Waals surface area contributed by atoms with Crippen LogP contribution in [0.15, 0.2) is 76.3 Å². The molecule has 5 rings (SSSR count). The normalized spacial score (nSPS) is 15.6. The smallest absolute Gasteiger partial charge is 0.283 e. The number of fused-ring (bicyclic) bond motifs is 1. The molecule has 0 fully saturated rings. The zero-order valence-electron chi connectivity index (χ0n) is 21.6. The summed E-state index contributed by atoms with van der Waals surface area (Å²) in [4.78, 5) is 17.1. The van der Waals surface area contributed by atoms with E-state index in [1.807, 2.05) is 56.3 Å². The molecule has 0 aliphatic carbocycles. The number of carbonyl (C=O) groups excluding carboxylic acids is 1. The minimum atomic E-state index is -0.554. The molecule has 2 heterocycles. The molecule has 0 unspecified atom stereocenters. The average molecular weight is 596 g/mol. The molecule has 204 valence electrons. The Kier molecular flexibility index (Phi) is 8.44. The number of carbonyl (C=O) groups is 1. The van der Waals surface area contributed by atoms with E-state index in [1.54, 1.807) is 18.2 Å². The summed E-state index contributed by atoms with van der Waals surface area (Å²) in [6.45, 7) is 4.76. The van der Waals surface area contributed by atoms with Crippen molar-refractivity contribution >= 4 is 63.0 Å². The molecular weight excluding hydrogens is 571 g/mol. The largest absolute Gasteiger partial charge is 0.490 e. The number of ether oxygens (including phenoxy) is 3. The molecule has 1 N–H and O–H groups in total. The van der Waals surface area contributed by atoms with Crippen LogP contribution in [0.5, 0.6) is 17.2 Å². The lowest BCUT2D eigenvalue weighted by atomic mass is 10.1. The monoisotopic (exact) mass is 594 g/mol. The van der Waals surface area contributed by atoms with E-state index < -0.39 is 5.91 Å². The third-order valence-corrected chi connectivity index (χ3v) is 7.43. The number of hydrogen-bond donors (Lipinski definition) is 1. The van der Waals surface area contributed by atoms with E-state index >= 15 is 0 Å². The number of benzene rings is 3. The van der Waals surface area contributed by atoms with Crippen LogP contribution in [0.25, 0.3) is 6.08 Å². The molecule has 0 radical (unpaired) electrons. The zero-order valence-corrected chi connectivity index (χ0v) is 23.9. The highest BCUT2D eigenvalue weighted by Crippen LogP contribution is 2.38. The van der Waals surface area contributed by atoms with Crippen LogP contribution < -0.4 is 14.2 Å². The van der Waals surface area contributed by atoms with Gasteiger partial charge in [0.05, 0.1) is 22.2 Å². The minimum absolute atomic E-state index is 0.0623. The molecule has 2 aliphatic heterocycles. The standard InChI is InChI=1S/C29H24Cl2N4O4S/c1-3-37-24-16-18(15-22(31)25(24)39-13-12-38-23-11-7-4-8-17(23)2)14-20-26(32)35-29(33-27(20)36)40-28(34-35)19-9-5-6-10-21(19)30/h4-11,14-16,32H,3,12-13H2,1-2H3/b20-14+,32-26?. The summed E-state index contributed by atoms with van der Waals surface area (Å²) in [5.74, 6) is 0.908. The van der Waals surface area contributed by atoms with Crippen LogP contribution in [0.4, 0.5) is 0 Å². The molecule has 0 saturated heterocycles. The van der Waals surface area contributed by atoms with E-state index in [0.29, 0.717) is 56.1 Å². The van der Waals surface area contributed by atoms with Crippen molar-refractivity contribution in [1.82, 2.24) is 5.01 Å². The quantitative estimate of drug-likeness (QED) is 0.215. The number of amides is 1. The summed E-state index contributed by atoms with van der Waals surface area (Å²) in [6.07, 6.45) is 1.54. The molecular formula is C29H24Cl2N4O4S. The van der Waals surface area contributed by atoms with Crippen molar-refractivity contribution in [3.8, 4) is 17.2 Å². The number of nitrogens with one attached hydrogen (secondary N) is 1. The lowest BCUT2D eigenvalue weighted by Crippen LogP contribution is -2.35. The Hall–Kier alpha value is -3.79. The Morgan fingerprint density at radius 3 is 2.50 bits per heavy atom. The van der Waals surface area contributed by atoms with Gasteiger partial charge < -0.3 is 14.2 Å². The Balaban J connectivity index is 1.35. The molecule has 1 amide bonds. The first-order chi connectivity index (χ1) is 19.4. The lowest BCUT2D eigenvalue weighted by molar-refractivity contribution is -0.114. The average Bonchev–Trinajstić information content (AvgIpc) is 3.35. The van der Waals surface area contributed by atoms with Gasteiger partial charge in [0, 0.05) is 5.56 Å². The highest BCUT2D eigenvalue weighted by atomic mass is 35.5. The van der Waals surface area contributed by atoms with E-state index in [2.05, 4.69) is 10.1 Å². The number of para-hydroxylation sites is 1. The number of thioether (sulfide) groups is 1. The molecule has 8 nitrogen and oxygen atoms in total. The second kappa shape index (κ2) is 12.2. The molecule has 11 heteroatoms. The summed E-state index contributed by atoms with van der Waals surface area (Å²) in [6, 6.07) is 18.3. The van der Waals surface area contributed by atoms with Crippen molar-refractivity contribution in [2.75, 3.05) is 19.8 Å². The molecule has 0 bridgehead atoms. The SMILES string of the molecule is CCOc1cc(/C=C2\C(=N)N3N=C(c4ccccc4Cl)SC3=NC2=O)cc(Cl)c1OCCOc1ccccc1C. The maximum atomic E-state index is 12.9. The van der Waals surface area contributed by atoms with Crippen molar-refractivity contribution in [3.05, 3.63) is 93.0 Å². The number of hydrazone groups is 1. The predicted octanol–water partition coefficient (Wildman–Crippen LogP) is 6.83. The number of aliphatic imine (C=N–C) groups is 1. The second-order valence-corrected chi connectivity index (χ2v) is 10.4. The molecule has 40 heavy (non-hydrogen) atoms. The van der Waals surface area contributed by atoms with Crippen LogP contribution in [-0.2, 0) is 4.79 Å². The summed E-state index contributed by atoms with van der Waals surface area (Å²) >= 11 is 14.1. The number of rotatable bonds is 9. The number of hydrogen-bond acceptors (Lipinski definition) is 7. The van der Waals surface area contributed by atoms with Crippen LogP contribution in [0, 0.1) is 12.3 Å². The fourth-order valence-electron chi connectivity index (χ4n) is 3.99. The third kappa shape index (κ3) is 5.86. The van der Waals surface area contributed by atoms with Gasteiger partial charge >= 0.3 is 0 Å². The third-order valence-electron chi connectivity index (χ3n) is 5.88. The summed E-state index contributed by atoms with van der Waals surface area (Å²) in [5, 5.41) is 16.2. The first kappa shape index (κ1) is 27.8. The molecule has 0 aromatic heterocycles. The Bertz CT molecular complexity index is 1590. The van der Waals surface area contributed by atoms with Gasteiger partial charge in [-0.3, -0.25) is 10.2 Å². The maximum Gasteiger partial charge on any atom is 0.283 e. The van der Waals surface area contributed by atoms with E-state index in [-0.39, 0.29) is 18.0 Å². The van der Waals surface area contributed by atoms with Crippen LogP contribution in [0.3, 0.4) is 0 Å². The van der Waals surface area contributed by atoms with Gasteiger partial charge in [0.1, 0.15) is 24.0 Å². The van der Waals surface area contributed by atoms with Crippen molar-refractivity contribution in [2.24, 2.45) is 10.1 Å². The van der Waals surface area contributed by atoms with Gasteiger partial charge in [-0.2, -0.15) is 15.1 Å². The van der Waals surface area contributed by atoms with Crippen molar-refractivity contribution < 1.29 is 19.0 Å². The minimum Gasteiger partial charge on any atom is -0.490 e. The van der Waals surface area contributed by atoms with Gasteiger partial charge in [0.25, 0.3) is 5.91 Å². The van der Waals surface area contributed by atoms with Gasteiger partial charge in [-0.1, -0.05) is 59.6 Å². The predicted molar refractivity (Wildman–Crippen MR) is 160 cm³/mol. The number of aryl methyl sites for hydroxylation is 1. The zero-order chi connectivity index (χ0) is 28.2. The molecule has 2 aliphatic rings. The van der Waals surface area contributed by atoms with E-state index in [0.717, 1.165) is 11.3 Å². The van der Waals surface area contributed by atoms with Crippen LogP contribution in [-0.4, -0.2) is 46.8 Å². The molecule has 3 aromatic rings. The van der Waals surface area contributed by atoms with Gasteiger partial charge in [0.2, 0.25) is 5.17 Å². The summed E-state index contributed by atoms with van der Waals surface area (Å²) in [7, 11) is 0. The van der Waals surface area contributed by atoms with Crippen LogP contribution in [0.2, 0.25) is 10.0 Å². The van der Waals surface area contributed by atoms with E-state index in [9.17, 15) is 4.79 Å². The van der Waals surface area contributed by atoms with Crippen LogP contribution >= 0.6 is 35.0 Å². The number of amidine groups is 2. The molecule has 0 atom stereocenters. The number of halogens is 2. The van der Waals surface area contributed by atoms with Crippen molar-refractivity contribution in [1.29, 1.82) is 5.41 Å². The first-order valence-electron chi connectivity index (χ1n) is 12.4. The Labute approximate surface area is 245 Å². The fraction of sp³-hybridized carbons (Fsp3) is 0.172. The van der Waals surface area contributed by atoms with Crippen molar-refractivity contribution in [3.63, 3.8) is 0 Å². The van der Waals surface area contributed by atoms with Gasteiger partial charge in [-0.05, 0) is 67.1 Å². The second-order valence-electron chi connectivity index (χ2n) is 8.63. The van der Waals surface area contributed by atoms with Gasteiger partial charge in [0.15, 0.2) is 17.3 Å². The summed E-state index contributed by atoms with van der Waals surface area (Å²) in [5.41, 5.74) is 2.34. The molecule has 0 saturated carbocycles. The Morgan fingerprint density at radius 1 is 0.975 bits per heavy atom. The molecule has 3 aromatic carbocycles. The van der Waals surface area contributed by atoms with Gasteiger partial charge in [-0.25, -0.2) is 0 Å². The lowest BCUT2D eigenvalue weighted by Gasteiger charge is -2.20.